The monoisotopic (exact) mass is 184 g/mol. The third-order valence-electron chi connectivity index (χ3n) is 3.05. The van der Waals surface area contributed by atoms with E-state index in [9.17, 15) is 4.79 Å². The van der Waals surface area contributed by atoms with Gasteiger partial charge in [-0.15, -0.1) is 0 Å². The van der Waals surface area contributed by atoms with Gasteiger partial charge < -0.3 is 21.7 Å². The van der Waals surface area contributed by atoms with Crippen LogP contribution in [0.25, 0.3) is 0 Å². The van der Waals surface area contributed by atoms with Crippen LogP contribution in [0.2, 0.25) is 0 Å². The molecule has 0 aliphatic carbocycles. The van der Waals surface area contributed by atoms with Gasteiger partial charge in [0.15, 0.2) is 0 Å². The van der Waals surface area contributed by atoms with Crippen LogP contribution >= 0.6 is 0 Å². The second-order valence-corrected chi connectivity index (χ2v) is 3.84. The van der Waals surface area contributed by atoms with Crippen LogP contribution in [0.4, 0.5) is 4.79 Å². The Morgan fingerprint density at radius 2 is 2.31 bits per heavy atom. The molecule has 74 valence electrons. The molecular formula is C8H16N4O. The van der Waals surface area contributed by atoms with Crippen LogP contribution in [0.3, 0.4) is 0 Å². The van der Waals surface area contributed by atoms with Gasteiger partial charge in [0, 0.05) is 12.6 Å². The van der Waals surface area contributed by atoms with Crippen LogP contribution in [-0.2, 0) is 0 Å². The average molecular weight is 184 g/mol. The van der Waals surface area contributed by atoms with Gasteiger partial charge >= 0.3 is 6.03 Å². The van der Waals surface area contributed by atoms with Gasteiger partial charge in [-0.2, -0.15) is 0 Å². The fourth-order valence-corrected chi connectivity index (χ4v) is 2.34. The molecule has 2 aliphatic heterocycles. The van der Waals surface area contributed by atoms with E-state index in [0.717, 1.165) is 25.6 Å². The van der Waals surface area contributed by atoms with Crippen molar-refractivity contribution in [3.05, 3.63) is 0 Å². The third-order valence-corrected chi connectivity index (χ3v) is 3.05. The first kappa shape index (κ1) is 8.77. The number of nitrogens with two attached hydrogens (primary N) is 1. The normalized spacial score (nSPS) is 37.4. The molecule has 0 saturated carbocycles. The van der Waals surface area contributed by atoms with Gasteiger partial charge in [0.05, 0.1) is 0 Å². The first-order valence-corrected chi connectivity index (χ1v) is 4.75. The van der Waals surface area contributed by atoms with Crippen LogP contribution in [0, 0.1) is 11.8 Å². The number of hydrogen-bond acceptors (Lipinski definition) is 3. The quantitative estimate of drug-likeness (QED) is 0.420. The summed E-state index contributed by atoms with van der Waals surface area (Å²) in [7, 11) is 0. The number of hydrogen-bond donors (Lipinski definition) is 4. The maximum Gasteiger partial charge on any atom is 0.312 e. The molecule has 0 radical (unpaired) electrons. The minimum absolute atomic E-state index is 0.396. The van der Waals surface area contributed by atoms with E-state index < -0.39 is 6.03 Å². The van der Waals surface area contributed by atoms with E-state index in [4.69, 9.17) is 5.73 Å². The van der Waals surface area contributed by atoms with Crippen molar-refractivity contribution in [3.8, 4) is 0 Å². The Hall–Kier alpha value is -0.810. The van der Waals surface area contributed by atoms with E-state index in [0.29, 0.717) is 18.5 Å². The van der Waals surface area contributed by atoms with Crippen LogP contribution < -0.4 is 21.7 Å². The van der Waals surface area contributed by atoms with Crippen molar-refractivity contribution in [2.24, 2.45) is 17.6 Å². The lowest BCUT2D eigenvalue weighted by atomic mass is 9.94. The lowest BCUT2D eigenvalue weighted by molar-refractivity contribution is 0.247. The first-order valence-electron chi connectivity index (χ1n) is 4.75. The molecule has 2 saturated heterocycles. The highest BCUT2D eigenvalue weighted by Gasteiger charge is 2.38. The second-order valence-electron chi connectivity index (χ2n) is 3.84. The van der Waals surface area contributed by atoms with Gasteiger partial charge in [-0.1, -0.05) is 0 Å². The smallest absolute Gasteiger partial charge is 0.312 e. The summed E-state index contributed by atoms with van der Waals surface area (Å²) in [5.41, 5.74) is 5.01. The zero-order valence-electron chi connectivity index (χ0n) is 7.55. The number of carbonyl (C=O) groups excluding carboxylic acids is 1. The molecule has 0 spiro atoms. The summed E-state index contributed by atoms with van der Waals surface area (Å²) in [5.74, 6) is 1.39. The predicted molar refractivity (Wildman–Crippen MR) is 49.2 cm³/mol. The Bertz CT molecular complexity index is 208. The number of nitrogens with one attached hydrogen (secondary N) is 3. The summed E-state index contributed by atoms with van der Waals surface area (Å²) < 4.78 is 0. The summed E-state index contributed by atoms with van der Waals surface area (Å²) in [5, 5.41) is 9.41. The topological polar surface area (TPSA) is 79.2 Å². The van der Waals surface area contributed by atoms with Gasteiger partial charge in [-0.25, -0.2) is 4.79 Å². The fraction of sp³-hybridized carbons (Fsp3) is 0.875. The standard InChI is InChI=1S/C8H16N4O/c9-8(13)12-4-7-6-3-10-1-5(6)2-11-7/h5-7,10-11H,1-4H2,(H3,9,12,13)/t5?,6-,7-/m1/s1. The predicted octanol–water partition coefficient (Wildman–Crippen LogP) is -1.54. The Morgan fingerprint density at radius 3 is 3.08 bits per heavy atom. The number of primary amides is 1. The third kappa shape index (κ3) is 1.76. The number of fused-ring (bicyclic) bond motifs is 1. The maximum atomic E-state index is 10.5. The molecule has 0 aromatic carbocycles. The number of urea groups is 1. The molecule has 2 amide bonds. The molecule has 2 heterocycles. The molecule has 0 aromatic heterocycles. The number of rotatable bonds is 2. The minimum Gasteiger partial charge on any atom is -0.352 e. The van der Waals surface area contributed by atoms with Crippen LogP contribution in [-0.4, -0.2) is 38.3 Å². The zero-order valence-corrected chi connectivity index (χ0v) is 7.55. The number of amides is 2. The highest BCUT2D eigenvalue weighted by molar-refractivity contribution is 5.71. The van der Waals surface area contributed by atoms with E-state index >= 15 is 0 Å². The highest BCUT2D eigenvalue weighted by Crippen LogP contribution is 2.24. The van der Waals surface area contributed by atoms with Gasteiger partial charge in [0.2, 0.25) is 0 Å². The van der Waals surface area contributed by atoms with Gasteiger partial charge in [-0.3, -0.25) is 0 Å². The summed E-state index contributed by atoms with van der Waals surface area (Å²) in [6, 6.07) is -0.0382. The Kier molecular flexibility index (Phi) is 2.37. The largest absolute Gasteiger partial charge is 0.352 e. The Morgan fingerprint density at radius 1 is 1.46 bits per heavy atom. The van der Waals surface area contributed by atoms with Gasteiger partial charge in [0.25, 0.3) is 0 Å². The van der Waals surface area contributed by atoms with Crippen LogP contribution in [0.1, 0.15) is 0 Å². The lowest BCUT2D eigenvalue weighted by Crippen LogP contribution is -2.43. The molecule has 13 heavy (non-hydrogen) atoms. The summed E-state index contributed by atoms with van der Waals surface area (Å²) in [6.45, 7) is 3.87. The second kappa shape index (κ2) is 3.51. The summed E-state index contributed by atoms with van der Waals surface area (Å²) >= 11 is 0. The van der Waals surface area contributed by atoms with E-state index in [1.54, 1.807) is 0 Å². The minimum atomic E-state index is -0.434. The van der Waals surface area contributed by atoms with Gasteiger partial charge in [-0.05, 0) is 31.5 Å². The Balaban J connectivity index is 1.83. The van der Waals surface area contributed by atoms with Crippen molar-refractivity contribution in [3.63, 3.8) is 0 Å². The zero-order chi connectivity index (χ0) is 9.26. The molecule has 2 rings (SSSR count). The number of carbonyl (C=O) groups is 1. The fourth-order valence-electron chi connectivity index (χ4n) is 2.34. The average Bonchev–Trinajstić information content (AvgIpc) is 2.60. The molecule has 5 heteroatoms. The summed E-state index contributed by atoms with van der Waals surface area (Å²) in [6.07, 6.45) is 0. The SMILES string of the molecule is NC(=O)NC[C@H]1NCC2CNC[C@H]21. The molecule has 2 fully saturated rings. The molecule has 0 bridgehead atoms. The van der Waals surface area contributed by atoms with Crippen molar-refractivity contribution in [2.75, 3.05) is 26.2 Å². The molecular weight excluding hydrogens is 168 g/mol. The molecule has 2 aliphatic rings. The highest BCUT2D eigenvalue weighted by atomic mass is 16.2. The van der Waals surface area contributed by atoms with E-state index in [2.05, 4.69) is 16.0 Å². The molecule has 5 nitrogen and oxygen atoms in total. The van der Waals surface area contributed by atoms with Crippen molar-refractivity contribution in [1.29, 1.82) is 0 Å². The van der Waals surface area contributed by atoms with Crippen molar-refractivity contribution < 1.29 is 4.79 Å². The maximum absolute atomic E-state index is 10.5. The van der Waals surface area contributed by atoms with E-state index in [1.807, 2.05) is 0 Å². The van der Waals surface area contributed by atoms with Gasteiger partial charge in [0.1, 0.15) is 0 Å². The van der Waals surface area contributed by atoms with Crippen LogP contribution in [0.5, 0.6) is 0 Å². The van der Waals surface area contributed by atoms with Crippen molar-refractivity contribution in [2.45, 2.75) is 6.04 Å². The van der Waals surface area contributed by atoms with E-state index in [-0.39, 0.29) is 0 Å². The first-order chi connectivity index (χ1) is 6.27. The van der Waals surface area contributed by atoms with Crippen molar-refractivity contribution >= 4 is 6.03 Å². The molecule has 5 N–H and O–H groups in total. The summed E-state index contributed by atoms with van der Waals surface area (Å²) in [4.78, 5) is 10.5. The lowest BCUT2D eigenvalue weighted by Gasteiger charge is -2.17. The Labute approximate surface area is 77.4 Å². The van der Waals surface area contributed by atoms with Crippen LogP contribution in [0.15, 0.2) is 0 Å². The van der Waals surface area contributed by atoms with Crippen molar-refractivity contribution in [1.82, 2.24) is 16.0 Å². The molecule has 3 atom stereocenters. The van der Waals surface area contributed by atoms with E-state index in [1.165, 1.54) is 0 Å². The molecule has 0 aromatic rings. The molecule has 1 unspecified atom stereocenters.